The Morgan fingerprint density at radius 2 is 1.71 bits per heavy atom. The maximum atomic E-state index is 12.1. The van der Waals surface area contributed by atoms with Crippen LogP contribution in [0.15, 0.2) is 54.6 Å². The standard InChI is InChI=1S/C16H16O/c1-13-7-10-15(11-8-13)16(17)12-9-14-5-3-2-4-6-14/h2-8,10-11H,9,12H2,1H3/i12D. The normalized spacial score (nSPS) is 12.9. The fourth-order valence-electron chi connectivity index (χ4n) is 1.66. The summed E-state index contributed by atoms with van der Waals surface area (Å²) in [6.07, 6.45) is -0.261. The molecule has 0 radical (unpaired) electrons. The molecule has 0 amide bonds. The van der Waals surface area contributed by atoms with Crippen molar-refractivity contribution < 1.29 is 6.17 Å². The van der Waals surface area contributed by atoms with Crippen LogP contribution in [0.2, 0.25) is 0 Å². The van der Waals surface area contributed by atoms with Crippen LogP contribution in [-0.4, -0.2) is 5.78 Å². The maximum absolute atomic E-state index is 12.1. The Labute approximate surface area is 104 Å². The molecule has 0 fully saturated rings. The monoisotopic (exact) mass is 225 g/mol. The minimum Gasteiger partial charge on any atom is -0.294 e. The van der Waals surface area contributed by atoms with Crippen molar-refractivity contribution in [3.05, 3.63) is 71.3 Å². The molecule has 0 aliphatic rings. The van der Waals surface area contributed by atoms with E-state index in [2.05, 4.69) is 0 Å². The van der Waals surface area contributed by atoms with Gasteiger partial charge in [0.05, 0.1) is 0 Å². The molecule has 0 spiro atoms. The second-order valence-electron chi connectivity index (χ2n) is 4.12. The van der Waals surface area contributed by atoms with E-state index in [1.807, 2.05) is 49.4 Å². The minimum absolute atomic E-state index is 0.112. The number of carbonyl (C=O) groups excluding carboxylic acids is 1. The quantitative estimate of drug-likeness (QED) is 0.723. The molecule has 0 heterocycles. The molecule has 1 heteroatoms. The average molecular weight is 225 g/mol. The van der Waals surface area contributed by atoms with Crippen LogP contribution in [0.25, 0.3) is 0 Å². The second-order valence-corrected chi connectivity index (χ2v) is 4.12. The molecule has 1 nitrogen and oxygen atoms in total. The number of rotatable bonds is 4. The van der Waals surface area contributed by atoms with E-state index >= 15 is 0 Å². The fourth-order valence-corrected chi connectivity index (χ4v) is 1.66. The van der Waals surface area contributed by atoms with E-state index in [0.29, 0.717) is 12.0 Å². The molecule has 1 atom stereocenters. The summed E-state index contributed by atoms with van der Waals surface area (Å²) in [6, 6.07) is 17.1. The fraction of sp³-hybridized carbons (Fsp3) is 0.188. The summed E-state index contributed by atoms with van der Waals surface area (Å²) < 4.78 is 7.96. The third-order valence-corrected chi connectivity index (χ3v) is 2.70. The third-order valence-electron chi connectivity index (χ3n) is 2.70. The topological polar surface area (TPSA) is 17.1 Å². The summed E-state index contributed by atoms with van der Waals surface area (Å²) in [5.74, 6) is -0.112. The second kappa shape index (κ2) is 5.44. The van der Waals surface area contributed by atoms with Crippen LogP contribution in [-0.2, 0) is 6.42 Å². The molecule has 0 aliphatic heterocycles. The van der Waals surface area contributed by atoms with E-state index in [1.165, 1.54) is 0 Å². The molecule has 2 rings (SSSR count). The van der Waals surface area contributed by atoms with E-state index in [4.69, 9.17) is 1.37 Å². The number of hydrogen-bond donors (Lipinski definition) is 0. The van der Waals surface area contributed by atoms with Gasteiger partial charge >= 0.3 is 0 Å². The van der Waals surface area contributed by atoms with Crippen molar-refractivity contribution in [1.82, 2.24) is 0 Å². The van der Waals surface area contributed by atoms with Crippen molar-refractivity contribution in [2.24, 2.45) is 0 Å². The van der Waals surface area contributed by atoms with Gasteiger partial charge in [-0.1, -0.05) is 60.2 Å². The molecular formula is C16H16O. The SMILES string of the molecule is [2H]C(Cc1ccccc1)C(=O)c1ccc(C)cc1. The van der Waals surface area contributed by atoms with Crippen molar-refractivity contribution in [2.45, 2.75) is 19.7 Å². The van der Waals surface area contributed by atoms with E-state index < -0.39 is 6.40 Å². The Kier molecular flexibility index (Phi) is 3.29. The lowest BCUT2D eigenvalue weighted by Crippen LogP contribution is -2.01. The molecule has 17 heavy (non-hydrogen) atoms. The van der Waals surface area contributed by atoms with Gasteiger partial charge in [-0.05, 0) is 18.9 Å². The lowest BCUT2D eigenvalue weighted by molar-refractivity contribution is 0.0983. The van der Waals surface area contributed by atoms with Crippen molar-refractivity contribution in [3.63, 3.8) is 0 Å². The van der Waals surface area contributed by atoms with Gasteiger partial charge in [0.15, 0.2) is 5.78 Å². The summed E-state index contributed by atoms with van der Waals surface area (Å²) in [7, 11) is 0. The van der Waals surface area contributed by atoms with Crippen LogP contribution < -0.4 is 0 Å². The van der Waals surface area contributed by atoms with Gasteiger partial charge in [-0.2, -0.15) is 0 Å². The first kappa shape index (κ1) is 10.3. The van der Waals surface area contributed by atoms with Crippen LogP contribution in [0, 0.1) is 6.92 Å². The van der Waals surface area contributed by atoms with Crippen LogP contribution in [0.1, 0.15) is 29.3 Å². The van der Waals surface area contributed by atoms with Crippen molar-refractivity contribution in [3.8, 4) is 0 Å². The van der Waals surface area contributed by atoms with Crippen LogP contribution in [0.4, 0.5) is 0 Å². The summed E-state index contributed by atoms with van der Waals surface area (Å²) in [6.45, 7) is 1.98. The van der Waals surface area contributed by atoms with Gasteiger partial charge in [-0.3, -0.25) is 4.79 Å². The summed E-state index contributed by atoms with van der Waals surface area (Å²) >= 11 is 0. The zero-order valence-corrected chi connectivity index (χ0v) is 9.89. The molecule has 0 saturated carbocycles. The highest BCUT2D eigenvalue weighted by Crippen LogP contribution is 2.09. The molecule has 2 aromatic rings. The highest BCUT2D eigenvalue weighted by atomic mass is 16.1. The molecule has 0 aliphatic carbocycles. The molecule has 1 unspecified atom stereocenters. The van der Waals surface area contributed by atoms with Crippen molar-refractivity contribution in [1.29, 1.82) is 0 Å². The highest BCUT2D eigenvalue weighted by molar-refractivity contribution is 5.96. The van der Waals surface area contributed by atoms with E-state index in [0.717, 1.165) is 11.1 Å². The summed E-state index contributed by atoms with van der Waals surface area (Å²) in [5.41, 5.74) is 2.77. The first-order chi connectivity index (χ1) is 8.66. The number of carbonyl (C=O) groups is 1. The van der Waals surface area contributed by atoms with Gasteiger partial charge in [0.25, 0.3) is 0 Å². The number of ketones is 1. The lowest BCUT2D eigenvalue weighted by Gasteiger charge is -2.02. The predicted octanol–water partition coefficient (Wildman–Crippen LogP) is 3.81. The van der Waals surface area contributed by atoms with E-state index in [1.54, 1.807) is 12.1 Å². The molecule has 2 aromatic carbocycles. The summed E-state index contributed by atoms with van der Waals surface area (Å²) in [5, 5.41) is 0. The lowest BCUT2D eigenvalue weighted by atomic mass is 10.0. The van der Waals surface area contributed by atoms with Crippen LogP contribution >= 0.6 is 0 Å². The van der Waals surface area contributed by atoms with Gasteiger partial charge in [0.1, 0.15) is 0 Å². The van der Waals surface area contributed by atoms with Crippen LogP contribution in [0.5, 0.6) is 0 Å². The Hall–Kier alpha value is -1.89. The Morgan fingerprint density at radius 3 is 2.35 bits per heavy atom. The minimum atomic E-state index is -0.727. The van der Waals surface area contributed by atoms with Crippen molar-refractivity contribution in [2.75, 3.05) is 0 Å². The van der Waals surface area contributed by atoms with Gasteiger partial charge in [-0.15, -0.1) is 0 Å². The Balaban J connectivity index is 2.07. The van der Waals surface area contributed by atoms with E-state index in [9.17, 15) is 4.79 Å². The largest absolute Gasteiger partial charge is 0.294 e. The molecule has 0 N–H and O–H groups in total. The molecule has 0 aromatic heterocycles. The maximum Gasteiger partial charge on any atom is 0.163 e. The smallest absolute Gasteiger partial charge is 0.163 e. The average Bonchev–Trinajstić information content (AvgIpc) is 2.40. The number of aryl methyl sites for hydroxylation is 2. The molecule has 0 saturated heterocycles. The first-order valence-corrected chi connectivity index (χ1v) is 5.74. The van der Waals surface area contributed by atoms with Gasteiger partial charge in [0.2, 0.25) is 0 Å². The molecular weight excluding hydrogens is 208 g/mol. The highest BCUT2D eigenvalue weighted by Gasteiger charge is 2.05. The number of hydrogen-bond acceptors (Lipinski definition) is 1. The van der Waals surface area contributed by atoms with Gasteiger partial charge in [0, 0.05) is 13.3 Å². The van der Waals surface area contributed by atoms with E-state index in [-0.39, 0.29) is 5.78 Å². The first-order valence-electron chi connectivity index (χ1n) is 6.31. The van der Waals surface area contributed by atoms with Crippen LogP contribution in [0.3, 0.4) is 0 Å². The zero-order chi connectivity index (χ0) is 13.0. The number of benzene rings is 2. The zero-order valence-electron chi connectivity index (χ0n) is 10.9. The number of Topliss-reactive ketones (excluding diaryl/α,β-unsaturated/α-hetero) is 1. The molecule has 0 bridgehead atoms. The van der Waals surface area contributed by atoms with Crippen molar-refractivity contribution >= 4 is 5.78 Å². The predicted molar refractivity (Wildman–Crippen MR) is 70.3 cm³/mol. The molecule has 86 valence electrons. The Morgan fingerprint density at radius 1 is 1.06 bits per heavy atom. The Bertz CT molecular complexity index is 517. The van der Waals surface area contributed by atoms with Gasteiger partial charge in [-0.25, -0.2) is 0 Å². The summed E-state index contributed by atoms with van der Waals surface area (Å²) in [4.78, 5) is 12.1. The van der Waals surface area contributed by atoms with Gasteiger partial charge < -0.3 is 0 Å². The third kappa shape index (κ3) is 3.28.